The van der Waals surface area contributed by atoms with Crippen molar-refractivity contribution in [1.82, 2.24) is 48.8 Å². The topological polar surface area (TPSA) is 376 Å². The number of carbonyl (C=O) groups is 2. The third-order valence-electron chi connectivity index (χ3n) is 13.2. The third-order valence-corrected chi connectivity index (χ3v) is 21.3. The minimum Gasteiger partial charge on any atom is -0.408 e. The van der Waals surface area contributed by atoms with Crippen molar-refractivity contribution in [2.45, 2.75) is 168 Å². The van der Waals surface area contributed by atoms with Crippen LogP contribution < -0.4 is 32.6 Å². The monoisotopic (exact) mass is 1130 g/mol. The first kappa shape index (κ1) is 61.3. The van der Waals surface area contributed by atoms with E-state index in [9.17, 15) is 34.8 Å². The van der Waals surface area contributed by atoms with Crippen LogP contribution in [0.25, 0.3) is 22.3 Å². The van der Waals surface area contributed by atoms with Crippen molar-refractivity contribution in [3.63, 3.8) is 0 Å². The van der Waals surface area contributed by atoms with Crippen LogP contribution in [0.15, 0.2) is 22.2 Å². The molecule has 28 nitrogen and oxygen atoms in total. The highest BCUT2D eigenvalue weighted by molar-refractivity contribution is 7.51. The standard InChI is InChI=1S/C46H73N15O13P2Si/c1-24(2)38(63)54-44-52-36-32(40(65)56-44)50-22-59(36)42-34(62)31(29(73-42)20-69-75(68-18-14-16-47)61(26(5)6)27(7)8)58-76(67,70-19-15-17-48)71-21-28-30(49)35(74-77(12,13)46(9,10)11)43(72-28)60-23-51-33-37(60)53-45(57-41(33)66)55-39(64)25(3)4/h22-31,34-35,42-43,62H,14-15,18-21,49H2,1-13H3,(H,58,67)(H2,52,54,56,63,65)(H2,53,55,57,64,66)/t28-,29-,30-,31-,34-,35?,42-,43-,75?,76?/m1/s1. The number of ether oxygens (including phenoxy) is 2. The average molecular weight is 1130 g/mol. The van der Waals surface area contributed by atoms with Gasteiger partial charge in [-0.25, -0.2) is 24.3 Å². The number of aromatic amines is 2. The molecule has 77 heavy (non-hydrogen) atoms. The second-order valence-electron chi connectivity index (χ2n) is 21.3. The molecule has 10 atom stereocenters. The van der Waals surface area contributed by atoms with Crippen LogP contribution >= 0.6 is 16.3 Å². The SMILES string of the molecule is CC(C)C(=O)Nc1nc2c(ncn2[C@@H]2O[C@H](COP(=O)(N[C@H]3[C@@H](O)[C@H](n4cnc5c(=O)[nH]c(NC(=O)C(C)C)nc54)O[C@@H]3COP(OCCC#N)N(C(C)C)C(C)C)OCCC#N)[C@@H](N)C2O[Si](C)(C)C(C)(C)C)c(=O)[nH]1. The number of carbonyl (C=O) groups excluding carboxylic acids is 2. The summed E-state index contributed by atoms with van der Waals surface area (Å²) in [5.74, 6) is -2.03. The van der Waals surface area contributed by atoms with Crippen molar-refractivity contribution < 1.29 is 51.3 Å². The van der Waals surface area contributed by atoms with E-state index in [1.54, 1.807) is 27.7 Å². The Morgan fingerprint density at radius 2 is 1.35 bits per heavy atom. The number of hydrogen-bond acceptors (Lipinski definition) is 21. The minimum atomic E-state index is -4.70. The summed E-state index contributed by atoms with van der Waals surface area (Å²) in [6, 6.07) is 1.45. The molecule has 2 aliphatic heterocycles. The smallest absolute Gasteiger partial charge is 0.406 e. The Morgan fingerprint density at radius 3 is 1.84 bits per heavy atom. The van der Waals surface area contributed by atoms with E-state index in [0.29, 0.717) is 0 Å². The number of aromatic nitrogens is 8. The summed E-state index contributed by atoms with van der Waals surface area (Å²) in [5, 5.41) is 39.0. The predicted octanol–water partition coefficient (Wildman–Crippen LogP) is 4.62. The van der Waals surface area contributed by atoms with Crippen LogP contribution in [0, 0.1) is 34.5 Å². The molecule has 0 radical (unpaired) electrons. The first-order chi connectivity index (χ1) is 36.1. The van der Waals surface area contributed by atoms with Gasteiger partial charge >= 0.3 is 7.75 Å². The zero-order chi connectivity index (χ0) is 56.9. The molecular weight excluding hydrogens is 1060 g/mol. The van der Waals surface area contributed by atoms with Gasteiger partial charge in [-0.1, -0.05) is 48.5 Å². The van der Waals surface area contributed by atoms with Crippen LogP contribution in [-0.2, 0) is 46.1 Å². The van der Waals surface area contributed by atoms with Gasteiger partial charge in [-0.05, 0) is 45.8 Å². The molecule has 0 aliphatic carbocycles. The number of nitrogens with one attached hydrogen (secondary N) is 5. The Morgan fingerprint density at radius 1 is 0.844 bits per heavy atom. The molecule has 8 N–H and O–H groups in total. The molecule has 2 fully saturated rings. The number of nitrogens with zero attached hydrogens (tertiary/aromatic N) is 9. The van der Waals surface area contributed by atoms with Crippen LogP contribution in [0.1, 0.15) is 101 Å². The van der Waals surface area contributed by atoms with Crippen LogP contribution in [0.5, 0.6) is 0 Å². The molecule has 0 aromatic carbocycles. The lowest BCUT2D eigenvalue weighted by Gasteiger charge is -2.40. The van der Waals surface area contributed by atoms with Gasteiger partial charge in [-0.3, -0.25) is 58.0 Å². The number of fused-ring (bicyclic) bond motifs is 2. The Kier molecular flexibility index (Phi) is 20.3. The Balaban J connectivity index is 1.37. The summed E-state index contributed by atoms with van der Waals surface area (Å²) in [6.45, 7) is 23.5. The maximum absolute atomic E-state index is 15.3. The lowest BCUT2D eigenvalue weighted by atomic mass is 10.1. The van der Waals surface area contributed by atoms with Crippen molar-refractivity contribution >= 4 is 70.6 Å². The highest BCUT2D eigenvalue weighted by atomic mass is 31.2. The molecule has 2 saturated heterocycles. The van der Waals surface area contributed by atoms with Crippen molar-refractivity contribution in [2.75, 3.05) is 37.1 Å². The average Bonchev–Trinajstić information content (AvgIpc) is 4.10. The Labute approximate surface area is 448 Å². The number of amides is 2. The number of H-pyrrole nitrogens is 2. The number of aliphatic hydroxyl groups excluding tert-OH is 1. The second-order valence-corrected chi connectivity index (χ2v) is 29.3. The number of imidazole rings is 2. The van der Waals surface area contributed by atoms with E-state index in [2.05, 4.69) is 51.7 Å². The van der Waals surface area contributed by atoms with Gasteiger partial charge in [-0.15, -0.1) is 0 Å². The largest absolute Gasteiger partial charge is 0.408 e. The van der Waals surface area contributed by atoms with E-state index < -0.39 is 122 Å². The zero-order valence-corrected chi connectivity index (χ0v) is 48.5. The van der Waals surface area contributed by atoms with Gasteiger partial charge in [-0.2, -0.15) is 20.5 Å². The molecule has 3 unspecified atom stereocenters. The lowest BCUT2D eigenvalue weighted by Crippen LogP contribution is -2.51. The van der Waals surface area contributed by atoms with Crippen LogP contribution in [0.3, 0.4) is 0 Å². The molecule has 0 saturated carbocycles. The van der Waals surface area contributed by atoms with E-state index >= 15 is 4.57 Å². The summed E-state index contributed by atoms with van der Waals surface area (Å²) in [6.07, 6.45) is -5.03. The quantitative estimate of drug-likeness (QED) is 0.0270. The molecule has 4 aromatic heterocycles. The van der Waals surface area contributed by atoms with E-state index in [-0.39, 0.29) is 77.4 Å². The third kappa shape index (κ3) is 14.3. The predicted molar refractivity (Wildman–Crippen MR) is 285 cm³/mol. The van der Waals surface area contributed by atoms with Gasteiger partial charge in [0.1, 0.15) is 24.4 Å². The molecule has 0 bridgehead atoms. The molecule has 2 amide bonds. The van der Waals surface area contributed by atoms with Crippen LogP contribution in [0.2, 0.25) is 18.1 Å². The molecular formula is C46H73N15O13P2Si. The second kappa shape index (κ2) is 25.5. The van der Waals surface area contributed by atoms with E-state index in [1.165, 1.54) is 21.8 Å². The molecule has 6 rings (SSSR count). The molecule has 2 aliphatic rings. The summed E-state index contributed by atoms with van der Waals surface area (Å²) in [5.41, 5.74) is 5.48. The van der Waals surface area contributed by atoms with E-state index in [1.807, 2.05) is 72.3 Å². The fourth-order valence-electron chi connectivity index (χ4n) is 8.04. The van der Waals surface area contributed by atoms with Gasteiger partial charge in [0.2, 0.25) is 23.7 Å². The van der Waals surface area contributed by atoms with Gasteiger partial charge in [0.25, 0.3) is 19.6 Å². The minimum absolute atomic E-state index is 0.0424. The van der Waals surface area contributed by atoms with Crippen molar-refractivity contribution in [3.8, 4) is 12.1 Å². The number of hydrogen-bond donors (Lipinski definition) is 7. The summed E-state index contributed by atoms with van der Waals surface area (Å²) in [4.78, 5) is 74.5. The molecule has 4 aromatic rings. The molecule has 0 spiro atoms. The molecule has 31 heteroatoms. The number of anilines is 2. The summed E-state index contributed by atoms with van der Waals surface area (Å²) >= 11 is 0. The normalized spacial score (nSPS) is 23.4. The van der Waals surface area contributed by atoms with E-state index in [4.69, 9.17) is 37.7 Å². The van der Waals surface area contributed by atoms with Gasteiger partial charge in [0.15, 0.2) is 43.1 Å². The fourth-order valence-corrected chi connectivity index (χ4v) is 12.6. The number of nitrogens with two attached hydrogens (primary N) is 1. The maximum atomic E-state index is 15.3. The fraction of sp³-hybridized carbons (Fsp3) is 0.696. The van der Waals surface area contributed by atoms with Crippen molar-refractivity contribution in [3.05, 3.63) is 33.4 Å². The number of rotatable bonds is 25. The van der Waals surface area contributed by atoms with E-state index in [0.717, 1.165) is 0 Å². The van der Waals surface area contributed by atoms with Crippen LogP contribution in [-0.4, -0.2) is 144 Å². The number of nitriles is 2. The Bertz CT molecular complexity index is 2960. The Hall–Kier alpha value is -4.94. The highest BCUT2D eigenvalue weighted by Gasteiger charge is 2.53. The van der Waals surface area contributed by atoms with Crippen LogP contribution in [0.4, 0.5) is 11.9 Å². The van der Waals surface area contributed by atoms with Crippen molar-refractivity contribution in [1.29, 1.82) is 10.5 Å². The highest BCUT2D eigenvalue weighted by Crippen LogP contribution is 2.51. The maximum Gasteiger partial charge on any atom is 0.406 e. The lowest BCUT2D eigenvalue weighted by molar-refractivity contribution is -0.119. The summed E-state index contributed by atoms with van der Waals surface area (Å²) < 4.78 is 64.9. The van der Waals surface area contributed by atoms with Crippen molar-refractivity contribution in [2.24, 2.45) is 17.6 Å². The summed E-state index contributed by atoms with van der Waals surface area (Å²) in [7, 11) is -9.26. The number of aliphatic hydroxyl groups is 1. The van der Waals surface area contributed by atoms with Gasteiger partial charge < -0.3 is 33.8 Å². The van der Waals surface area contributed by atoms with Gasteiger partial charge in [0, 0.05) is 23.9 Å². The van der Waals surface area contributed by atoms with Gasteiger partial charge in [0.05, 0.1) is 76.1 Å². The molecule has 6 heterocycles. The first-order valence-corrected chi connectivity index (χ1v) is 30.9. The first-order valence-electron chi connectivity index (χ1n) is 25.3. The zero-order valence-electron chi connectivity index (χ0n) is 45.7. The molecule has 424 valence electrons.